The molecule has 1 N–H and O–H groups in total. The summed E-state index contributed by atoms with van der Waals surface area (Å²) in [6.45, 7) is 5.15. The van der Waals surface area contributed by atoms with E-state index in [1.807, 2.05) is 19.9 Å². The van der Waals surface area contributed by atoms with Crippen molar-refractivity contribution in [2.45, 2.75) is 58.4 Å². The number of hydrogen-bond acceptors (Lipinski definition) is 5. The van der Waals surface area contributed by atoms with E-state index in [0.29, 0.717) is 6.54 Å². The molecule has 2 aromatic rings. The number of carbonyl (C=O) groups excluding carboxylic acids is 3. The summed E-state index contributed by atoms with van der Waals surface area (Å²) >= 11 is 0. The molecule has 162 valence electrons. The Morgan fingerprint density at radius 1 is 1.19 bits per heavy atom. The standard InChI is InChI=1S/C24H28N4O3/c1-3-4-10-28-22(30)24(21(29)26-23(28)31)14-17-13-16-12-15(2)8-9-18(16)25-20(17)27-11-6-5-7-19(24)27/h8-9,12-13,19H,3-7,10-11,14H2,1-2H3,(H,26,29,31)/t19-,24+/m0/s1. The molecular formula is C24H28N4O3. The second-order valence-corrected chi connectivity index (χ2v) is 9.09. The fourth-order valence-electron chi connectivity index (χ4n) is 5.50. The second-order valence-electron chi connectivity index (χ2n) is 9.09. The number of anilines is 1. The Hall–Kier alpha value is -2.96. The van der Waals surface area contributed by atoms with E-state index in [9.17, 15) is 14.4 Å². The number of hydrogen-bond donors (Lipinski definition) is 1. The lowest BCUT2D eigenvalue weighted by atomic mass is 9.66. The van der Waals surface area contributed by atoms with Gasteiger partial charge in [-0.15, -0.1) is 0 Å². The number of pyridine rings is 1. The molecule has 1 aromatic carbocycles. The molecule has 0 unspecified atom stereocenters. The lowest BCUT2D eigenvalue weighted by Crippen LogP contribution is -2.72. The van der Waals surface area contributed by atoms with Gasteiger partial charge < -0.3 is 4.90 Å². The molecule has 2 fully saturated rings. The Morgan fingerprint density at radius 2 is 2.03 bits per heavy atom. The van der Waals surface area contributed by atoms with Gasteiger partial charge in [0.25, 0.3) is 0 Å². The highest BCUT2D eigenvalue weighted by Gasteiger charge is 2.62. The minimum atomic E-state index is -1.28. The number of nitrogens with one attached hydrogen (secondary N) is 1. The minimum Gasteiger partial charge on any atom is -0.352 e. The highest BCUT2D eigenvalue weighted by Crippen LogP contribution is 2.47. The molecule has 4 heterocycles. The van der Waals surface area contributed by atoms with Gasteiger partial charge in [-0.2, -0.15) is 0 Å². The fraction of sp³-hybridized carbons (Fsp3) is 0.500. The van der Waals surface area contributed by atoms with Crippen LogP contribution in [-0.2, 0) is 16.0 Å². The lowest BCUT2D eigenvalue weighted by Gasteiger charge is -2.53. The summed E-state index contributed by atoms with van der Waals surface area (Å²) in [5.74, 6) is 0.0769. The quantitative estimate of drug-likeness (QED) is 0.771. The molecule has 3 aliphatic heterocycles. The van der Waals surface area contributed by atoms with E-state index in [1.165, 1.54) is 4.90 Å². The third kappa shape index (κ3) is 2.93. The number of fused-ring (bicyclic) bond motifs is 5. The number of nitrogens with zero attached hydrogens (tertiary/aromatic N) is 3. The van der Waals surface area contributed by atoms with Crippen molar-refractivity contribution < 1.29 is 14.4 Å². The molecule has 31 heavy (non-hydrogen) atoms. The van der Waals surface area contributed by atoms with Gasteiger partial charge in [-0.1, -0.05) is 25.0 Å². The van der Waals surface area contributed by atoms with Crippen molar-refractivity contribution in [3.05, 3.63) is 35.4 Å². The Morgan fingerprint density at radius 3 is 2.84 bits per heavy atom. The van der Waals surface area contributed by atoms with Crippen molar-refractivity contribution in [2.75, 3.05) is 18.0 Å². The third-order valence-electron chi connectivity index (χ3n) is 7.07. The number of amides is 4. The average Bonchev–Trinajstić information content (AvgIpc) is 2.76. The Balaban J connectivity index is 1.66. The number of piperidine rings is 1. The first-order valence-corrected chi connectivity index (χ1v) is 11.3. The summed E-state index contributed by atoms with van der Waals surface area (Å²) in [6, 6.07) is 7.36. The summed E-state index contributed by atoms with van der Waals surface area (Å²) in [6.07, 6.45) is 4.55. The topological polar surface area (TPSA) is 82.6 Å². The molecule has 0 bridgehead atoms. The van der Waals surface area contributed by atoms with Gasteiger partial charge in [-0.05, 0) is 56.4 Å². The minimum absolute atomic E-state index is 0.279. The van der Waals surface area contributed by atoms with Crippen LogP contribution in [0.5, 0.6) is 0 Å². The zero-order valence-corrected chi connectivity index (χ0v) is 18.1. The van der Waals surface area contributed by atoms with Crippen molar-refractivity contribution in [1.82, 2.24) is 15.2 Å². The summed E-state index contributed by atoms with van der Waals surface area (Å²) < 4.78 is 0. The first kappa shape index (κ1) is 20.0. The van der Waals surface area contributed by atoms with Crippen molar-refractivity contribution in [1.29, 1.82) is 0 Å². The number of aromatic nitrogens is 1. The monoisotopic (exact) mass is 420 g/mol. The number of rotatable bonds is 3. The highest BCUT2D eigenvalue weighted by molar-refractivity contribution is 6.20. The van der Waals surface area contributed by atoms with E-state index in [4.69, 9.17) is 4.98 Å². The smallest absolute Gasteiger partial charge is 0.330 e. The van der Waals surface area contributed by atoms with Crippen molar-refractivity contribution in [2.24, 2.45) is 5.41 Å². The number of barbiturate groups is 1. The van der Waals surface area contributed by atoms with E-state index >= 15 is 0 Å². The molecule has 1 aromatic heterocycles. The van der Waals surface area contributed by atoms with Crippen LogP contribution in [0.4, 0.5) is 10.6 Å². The molecule has 2 atom stereocenters. The predicted octanol–water partition coefficient (Wildman–Crippen LogP) is 3.32. The summed E-state index contributed by atoms with van der Waals surface area (Å²) in [5.41, 5.74) is 1.68. The maximum absolute atomic E-state index is 13.8. The van der Waals surface area contributed by atoms with Gasteiger partial charge in [0.1, 0.15) is 5.82 Å². The van der Waals surface area contributed by atoms with E-state index in [-0.39, 0.29) is 18.4 Å². The predicted molar refractivity (Wildman–Crippen MR) is 118 cm³/mol. The average molecular weight is 421 g/mol. The van der Waals surface area contributed by atoms with Crippen LogP contribution < -0.4 is 10.2 Å². The van der Waals surface area contributed by atoms with Crippen LogP contribution in [0.2, 0.25) is 0 Å². The first-order chi connectivity index (χ1) is 15.0. The molecule has 7 heteroatoms. The Labute approximate surface area is 181 Å². The van der Waals surface area contributed by atoms with Gasteiger partial charge >= 0.3 is 6.03 Å². The highest BCUT2D eigenvalue weighted by atomic mass is 16.2. The molecule has 4 amide bonds. The van der Waals surface area contributed by atoms with Crippen LogP contribution in [-0.4, -0.2) is 46.9 Å². The van der Waals surface area contributed by atoms with Crippen molar-refractivity contribution >= 4 is 34.6 Å². The number of aryl methyl sites for hydroxylation is 1. The molecular weight excluding hydrogens is 392 g/mol. The normalized spacial score (nSPS) is 25.6. The molecule has 5 rings (SSSR count). The van der Waals surface area contributed by atoms with Crippen LogP contribution in [0, 0.1) is 12.3 Å². The van der Waals surface area contributed by atoms with Gasteiger partial charge in [-0.25, -0.2) is 9.78 Å². The Bertz CT molecular complexity index is 1100. The number of imide groups is 2. The van der Waals surface area contributed by atoms with Gasteiger partial charge in [0.2, 0.25) is 11.8 Å². The molecule has 2 saturated heterocycles. The number of carbonyl (C=O) groups is 3. The SMILES string of the molecule is CCCCN1C(=O)NC(=O)[C@]2(Cc3cc4cc(C)ccc4nc3N3CCCC[C@H]32)C1=O. The molecule has 1 spiro atoms. The van der Waals surface area contributed by atoms with Crippen LogP contribution in [0.1, 0.15) is 50.2 Å². The van der Waals surface area contributed by atoms with Crippen molar-refractivity contribution in [3.8, 4) is 0 Å². The van der Waals surface area contributed by atoms with Gasteiger partial charge in [0, 0.05) is 24.9 Å². The summed E-state index contributed by atoms with van der Waals surface area (Å²) in [4.78, 5) is 48.1. The van der Waals surface area contributed by atoms with Crippen LogP contribution in [0.25, 0.3) is 10.9 Å². The molecule has 0 aliphatic carbocycles. The zero-order chi connectivity index (χ0) is 21.8. The van der Waals surface area contributed by atoms with E-state index < -0.39 is 17.4 Å². The summed E-state index contributed by atoms with van der Waals surface area (Å²) in [7, 11) is 0. The van der Waals surface area contributed by atoms with E-state index in [2.05, 4.69) is 28.4 Å². The van der Waals surface area contributed by atoms with Crippen LogP contribution in [0.15, 0.2) is 24.3 Å². The van der Waals surface area contributed by atoms with Crippen LogP contribution in [0.3, 0.4) is 0 Å². The molecule has 0 radical (unpaired) electrons. The second kappa shape index (κ2) is 7.32. The molecule has 3 aliphatic rings. The lowest BCUT2D eigenvalue weighted by molar-refractivity contribution is -0.154. The van der Waals surface area contributed by atoms with E-state index in [0.717, 1.165) is 66.5 Å². The number of unbranched alkanes of at least 4 members (excludes halogenated alkanes) is 1. The molecule has 7 nitrogen and oxygen atoms in total. The number of benzene rings is 1. The third-order valence-corrected chi connectivity index (χ3v) is 7.07. The van der Waals surface area contributed by atoms with Gasteiger partial charge in [-0.3, -0.25) is 19.8 Å². The van der Waals surface area contributed by atoms with Crippen molar-refractivity contribution in [3.63, 3.8) is 0 Å². The first-order valence-electron chi connectivity index (χ1n) is 11.3. The zero-order valence-electron chi connectivity index (χ0n) is 18.1. The number of urea groups is 1. The Kier molecular flexibility index (Phi) is 4.72. The summed E-state index contributed by atoms with van der Waals surface area (Å²) in [5, 5.41) is 3.53. The fourth-order valence-corrected chi connectivity index (χ4v) is 5.50. The maximum atomic E-state index is 13.8. The van der Waals surface area contributed by atoms with Gasteiger partial charge in [0.15, 0.2) is 5.41 Å². The van der Waals surface area contributed by atoms with Gasteiger partial charge in [0.05, 0.1) is 11.6 Å². The maximum Gasteiger partial charge on any atom is 0.330 e. The molecule has 0 saturated carbocycles. The largest absolute Gasteiger partial charge is 0.352 e. The van der Waals surface area contributed by atoms with Crippen LogP contribution >= 0.6 is 0 Å². The van der Waals surface area contributed by atoms with E-state index in [1.54, 1.807) is 0 Å².